The van der Waals surface area contributed by atoms with Crippen molar-refractivity contribution in [2.24, 2.45) is 5.10 Å². The summed E-state index contributed by atoms with van der Waals surface area (Å²) in [6.07, 6.45) is 0. The molecule has 0 unspecified atom stereocenters. The fraction of sp³-hybridized carbons (Fsp3) is 0.167. The van der Waals surface area contributed by atoms with Gasteiger partial charge in [0.25, 0.3) is 0 Å². The molecule has 0 aromatic heterocycles. The van der Waals surface area contributed by atoms with Gasteiger partial charge in [0.1, 0.15) is 11.5 Å². The molecule has 2 amide bonds. The van der Waals surface area contributed by atoms with Gasteiger partial charge < -0.3 is 5.73 Å². The van der Waals surface area contributed by atoms with Crippen LogP contribution in [0.25, 0.3) is 0 Å². The molecule has 0 saturated heterocycles. The molecule has 2 aliphatic rings. The zero-order valence-corrected chi connectivity index (χ0v) is 10.7. The summed E-state index contributed by atoms with van der Waals surface area (Å²) >= 11 is 1.62. The summed E-state index contributed by atoms with van der Waals surface area (Å²) in [7, 11) is 0. The lowest BCUT2D eigenvalue weighted by atomic mass is 10.1. The van der Waals surface area contributed by atoms with Crippen molar-refractivity contribution in [3.8, 4) is 0 Å². The molecular formula is C12H11FN4OS. The lowest BCUT2D eigenvalue weighted by Crippen LogP contribution is -2.46. The largest absolute Gasteiger partial charge is 0.396 e. The molecule has 5 nitrogen and oxygen atoms in total. The van der Waals surface area contributed by atoms with Crippen molar-refractivity contribution in [3.05, 3.63) is 40.7 Å². The molecule has 0 aliphatic carbocycles. The number of nitrogens with one attached hydrogen (secondary N) is 1. The van der Waals surface area contributed by atoms with Gasteiger partial charge in [-0.05, 0) is 23.6 Å². The topological polar surface area (TPSA) is 70.7 Å². The molecule has 1 aromatic carbocycles. The number of nitrogens with two attached hydrogens (primary N) is 1. The highest BCUT2D eigenvalue weighted by molar-refractivity contribution is 8.02. The number of carbonyl (C=O) groups is 1. The molecule has 7 heteroatoms. The fourth-order valence-electron chi connectivity index (χ4n) is 1.99. The predicted octanol–water partition coefficient (Wildman–Crippen LogP) is 1.73. The third kappa shape index (κ3) is 2.06. The van der Waals surface area contributed by atoms with Crippen LogP contribution in [0, 0.1) is 5.82 Å². The number of benzene rings is 1. The monoisotopic (exact) mass is 278 g/mol. The molecule has 0 bridgehead atoms. The van der Waals surface area contributed by atoms with E-state index in [4.69, 9.17) is 5.73 Å². The summed E-state index contributed by atoms with van der Waals surface area (Å²) in [6.45, 7) is 0.623. The van der Waals surface area contributed by atoms with Crippen molar-refractivity contribution in [2.45, 2.75) is 0 Å². The maximum Gasteiger partial charge on any atom is 0.342 e. The third-order valence-electron chi connectivity index (χ3n) is 2.94. The molecule has 1 aromatic rings. The number of nitrogens with zero attached hydrogens (tertiary/aromatic N) is 2. The van der Waals surface area contributed by atoms with Gasteiger partial charge in [-0.25, -0.2) is 14.6 Å². The van der Waals surface area contributed by atoms with Crippen LogP contribution in [0.15, 0.2) is 34.4 Å². The first-order valence-corrected chi connectivity index (χ1v) is 6.74. The Balaban J connectivity index is 2.06. The lowest BCUT2D eigenvalue weighted by Gasteiger charge is -2.31. The van der Waals surface area contributed by atoms with Crippen molar-refractivity contribution < 1.29 is 9.18 Å². The van der Waals surface area contributed by atoms with Crippen molar-refractivity contribution in [2.75, 3.05) is 18.0 Å². The Labute approximate surface area is 113 Å². The van der Waals surface area contributed by atoms with Crippen molar-refractivity contribution in [1.82, 2.24) is 10.3 Å². The van der Waals surface area contributed by atoms with E-state index < -0.39 is 5.82 Å². The number of fused-ring (bicyclic) bond motifs is 1. The van der Waals surface area contributed by atoms with E-state index in [1.54, 1.807) is 22.7 Å². The average Bonchev–Trinajstić information content (AvgIpc) is 2.43. The number of urea groups is 1. The zero-order valence-electron chi connectivity index (χ0n) is 9.89. The molecule has 0 spiro atoms. The molecule has 0 atom stereocenters. The number of allylic oxidation sites excluding steroid dienone is 1. The van der Waals surface area contributed by atoms with E-state index in [9.17, 15) is 9.18 Å². The van der Waals surface area contributed by atoms with E-state index in [-0.39, 0.29) is 11.7 Å². The second-order valence-corrected chi connectivity index (χ2v) is 5.12. The molecule has 0 saturated carbocycles. The van der Waals surface area contributed by atoms with Crippen LogP contribution in [0.2, 0.25) is 0 Å². The van der Waals surface area contributed by atoms with E-state index in [1.165, 1.54) is 12.1 Å². The van der Waals surface area contributed by atoms with E-state index >= 15 is 0 Å². The van der Waals surface area contributed by atoms with E-state index in [2.05, 4.69) is 10.5 Å². The Hall–Kier alpha value is -2.02. The highest BCUT2D eigenvalue weighted by atomic mass is 32.2. The van der Waals surface area contributed by atoms with E-state index in [0.717, 1.165) is 11.4 Å². The van der Waals surface area contributed by atoms with Crippen LogP contribution in [0.5, 0.6) is 0 Å². The van der Waals surface area contributed by atoms with Gasteiger partial charge in [-0.1, -0.05) is 0 Å². The van der Waals surface area contributed by atoms with Crippen molar-refractivity contribution >= 4 is 29.2 Å². The number of hydrazone groups is 1. The van der Waals surface area contributed by atoms with E-state index in [0.29, 0.717) is 17.8 Å². The Kier molecular flexibility index (Phi) is 2.90. The van der Waals surface area contributed by atoms with Gasteiger partial charge in [0.15, 0.2) is 0 Å². The van der Waals surface area contributed by atoms with Crippen molar-refractivity contribution in [1.29, 1.82) is 0 Å². The van der Waals surface area contributed by atoms with Gasteiger partial charge in [-0.15, -0.1) is 11.8 Å². The summed E-state index contributed by atoms with van der Waals surface area (Å²) in [5, 5.41) is 5.94. The molecule has 3 N–H and O–H groups in total. The SMILES string of the molecule is Nc1cc(C2=NNC(=O)N3CCSC=C23)ccc1F. The van der Waals surface area contributed by atoms with Crippen LogP contribution in [0.4, 0.5) is 14.9 Å². The summed E-state index contributed by atoms with van der Waals surface area (Å²) in [4.78, 5) is 13.3. The normalized spacial score (nSPS) is 18.4. The highest BCUT2D eigenvalue weighted by Gasteiger charge is 2.29. The van der Waals surface area contributed by atoms with Gasteiger partial charge in [-0.3, -0.25) is 4.90 Å². The predicted molar refractivity (Wildman–Crippen MR) is 73.1 cm³/mol. The summed E-state index contributed by atoms with van der Waals surface area (Å²) in [5.74, 6) is 0.378. The maximum atomic E-state index is 13.2. The smallest absolute Gasteiger partial charge is 0.342 e. The van der Waals surface area contributed by atoms with Gasteiger partial charge in [-0.2, -0.15) is 5.10 Å². The molecule has 98 valence electrons. The van der Waals surface area contributed by atoms with Crippen LogP contribution >= 0.6 is 11.8 Å². The maximum absolute atomic E-state index is 13.2. The van der Waals surface area contributed by atoms with Crippen LogP contribution < -0.4 is 11.2 Å². The molecule has 0 radical (unpaired) electrons. The molecule has 3 rings (SSSR count). The first-order chi connectivity index (χ1) is 9.16. The van der Waals surface area contributed by atoms with Gasteiger partial charge in [0.05, 0.1) is 11.4 Å². The molecule has 19 heavy (non-hydrogen) atoms. The first kappa shape index (κ1) is 12.0. The number of nitrogen functional groups attached to an aromatic ring is 1. The fourth-order valence-corrected chi connectivity index (χ4v) is 2.79. The molecular weight excluding hydrogens is 267 g/mol. The number of hydrogen-bond donors (Lipinski definition) is 2. The second-order valence-electron chi connectivity index (χ2n) is 4.14. The Morgan fingerprint density at radius 2 is 2.32 bits per heavy atom. The van der Waals surface area contributed by atoms with Crippen LogP contribution in [-0.4, -0.2) is 28.9 Å². The molecule has 0 fully saturated rings. The van der Waals surface area contributed by atoms with Gasteiger partial charge >= 0.3 is 6.03 Å². The van der Waals surface area contributed by atoms with Gasteiger partial charge in [0, 0.05) is 17.9 Å². The summed E-state index contributed by atoms with van der Waals surface area (Å²) < 4.78 is 13.2. The highest BCUT2D eigenvalue weighted by Crippen LogP contribution is 2.26. The average molecular weight is 278 g/mol. The minimum Gasteiger partial charge on any atom is -0.396 e. The number of thioether (sulfide) groups is 1. The van der Waals surface area contributed by atoms with Crippen LogP contribution in [0.1, 0.15) is 5.56 Å². The zero-order chi connectivity index (χ0) is 13.4. The quantitative estimate of drug-likeness (QED) is 0.768. The number of hydrogen-bond acceptors (Lipinski definition) is 4. The Bertz CT molecular complexity index is 614. The minimum atomic E-state index is -0.465. The summed E-state index contributed by atoms with van der Waals surface area (Å²) in [5.41, 5.74) is 10.1. The Morgan fingerprint density at radius 1 is 1.47 bits per heavy atom. The second kappa shape index (κ2) is 4.58. The number of amides is 2. The third-order valence-corrected chi connectivity index (χ3v) is 3.75. The summed E-state index contributed by atoms with van der Waals surface area (Å²) in [6, 6.07) is 4.17. The number of rotatable bonds is 1. The van der Waals surface area contributed by atoms with Crippen LogP contribution in [0.3, 0.4) is 0 Å². The van der Waals surface area contributed by atoms with Gasteiger partial charge in [0.2, 0.25) is 0 Å². The van der Waals surface area contributed by atoms with Crippen molar-refractivity contribution in [3.63, 3.8) is 0 Å². The molecule has 2 heterocycles. The minimum absolute atomic E-state index is 0.0627. The van der Waals surface area contributed by atoms with E-state index in [1.807, 2.05) is 5.41 Å². The first-order valence-electron chi connectivity index (χ1n) is 5.69. The van der Waals surface area contributed by atoms with Crippen LogP contribution in [-0.2, 0) is 0 Å². The Morgan fingerprint density at radius 3 is 3.11 bits per heavy atom. The molecule has 2 aliphatic heterocycles. The standard InChI is InChI=1S/C12H11FN4OS/c13-8-2-1-7(5-9(8)14)11-10-6-19-4-3-17(10)12(18)16-15-11/h1-2,5-6H,3-4,14H2,(H,16,18). The number of carbonyl (C=O) groups excluding carboxylic acids is 1. The number of anilines is 1. The lowest BCUT2D eigenvalue weighted by molar-refractivity contribution is 0.213. The number of halogens is 1.